The van der Waals surface area contributed by atoms with E-state index in [-0.39, 0.29) is 30.0 Å². The lowest BCUT2D eigenvalue weighted by molar-refractivity contribution is 0.0782. The molecule has 1 fully saturated rings. The van der Waals surface area contributed by atoms with Gasteiger partial charge in [0.05, 0.1) is 29.1 Å². The van der Waals surface area contributed by atoms with Crippen molar-refractivity contribution >= 4 is 12.0 Å². The van der Waals surface area contributed by atoms with Crippen LogP contribution in [0.1, 0.15) is 22.5 Å². The monoisotopic (exact) mass is 419 g/mol. The highest BCUT2D eigenvalue weighted by Gasteiger charge is 2.30. The zero-order chi connectivity index (χ0) is 22.0. The van der Waals surface area contributed by atoms with Gasteiger partial charge in [-0.1, -0.05) is 0 Å². The predicted molar refractivity (Wildman–Crippen MR) is 109 cm³/mol. The Morgan fingerprint density at radius 2 is 1.87 bits per heavy atom. The van der Waals surface area contributed by atoms with Crippen LogP contribution in [0, 0.1) is 17.1 Å². The molecular formula is C22H18FN5O3. The van der Waals surface area contributed by atoms with E-state index in [9.17, 15) is 14.0 Å². The smallest absolute Gasteiger partial charge is 0.404 e. The summed E-state index contributed by atoms with van der Waals surface area (Å²) in [5, 5.41) is 24.8. The number of carboxylic acid groups (broad SMARTS) is 1. The fraction of sp³-hybridized carbons (Fsp3) is 0.182. The molecule has 2 aromatic carbocycles. The first kappa shape index (κ1) is 20.1. The van der Waals surface area contributed by atoms with Crippen molar-refractivity contribution < 1.29 is 19.1 Å². The van der Waals surface area contributed by atoms with Gasteiger partial charge in [0.25, 0.3) is 5.91 Å². The van der Waals surface area contributed by atoms with Crippen LogP contribution < -0.4 is 5.32 Å². The van der Waals surface area contributed by atoms with Crippen LogP contribution in [0.15, 0.2) is 54.6 Å². The largest absolute Gasteiger partial charge is 0.465 e. The Kier molecular flexibility index (Phi) is 5.37. The van der Waals surface area contributed by atoms with E-state index < -0.39 is 6.09 Å². The molecule has 0 saturated carbocycles. The molecule has 9 heteroatoms. The topological polar surface area (TPSA) is 111 Å². The molecule has 1 aliphatic heterocycles. The van der Waals surface area contributed by atoms with Crippen molar-refractivity contribution in [3.05, 3.63) is 71.7 Å². The first-order valence-electron chi connectivity index (χ1n) is 9.60. The Morgan fingerprint density at radius 1 is 1.16 bits per heavy atom. The highest BCUT2D eigenvalue weighted by Crippen LogP contribution is 2.26. The lowest BCUT2D eigenvalue weighted by atomic mass is 10.1. The lowest BCUT2D eigenvalue weighted by Crippen LogP contribution is -2.37. The summed E-state index contributed by atoms with van der Waals surface area (Å²) in [5.74, 6) is -0.691. The second-order valence-electron chi connectivity index (χ2n) is 7.18. The summed E-state index contributed by atoms with van der Waals surface area (Å²) in [4.78, 5) is 25.4. The highest BCUT2D eigenvalue weighted by molar-refractivity contribution is 5.94. The van der Waals surface area contributed by atoms with Crippen LogP contribution in [-0.4, -0.2) is 50.9 Å². The lowest BCUT2D eigenvalue weighted by Gasteiger charge is -2.15. The summed E-state index contributed by atoms with van der Waals surface area (Å²) in [5.41, 5.74) is 2.59. The van der Waals surface area contributed by atoms with Crippen LogP contribution in [0.5, 0.6) is 0 Å². The molecule has 1 saturated heterocycles. The predicted octanol–water partition coefficient (Wildman–Crippen LogP) is 3.03. The molecule has 1 aromatic heterocycles. The number of rotatable bonds is 4. The van der Waals surface area contributed by atoms with Gasteiger partial charge in [-0.05, 0) is 61.0 Å². The summed E-state index contributed by atoms with van der Waals surface area (Å²) in [6, 6.07) is 16.0. The molecule has 3 aromatic rings. The van der Waals surface area contributed by atoms with E-state index in [1.54, 1.807) is 52.0 Å². The van der Waals surface area contributed by atoms with Gasteiger partial charge in [0.2, 0.25) is 0 Å². The average Bonchev–Trinajstić information content (AvgIpc) is 3.41. The molecule has 1 aliphatic rings. The van der Waals surface area contributed by atoms with Crippen molar-refractivity contribution in [3.63, 3.8) is 0 Å². The molecule has 8 nitrogen and oxygen atoms in total. The molecule has 0 spiro atoms. The highest BCUT2D eigenvalue weighted by atomic mass is 19.1. The van der Waals surface area contributed by atoms with Gasteiger partial charge in [-0.25, -0.2) is 13.9 Å². The summed E-state index contributed by atoms with van der Waals surface area (Å²) in [6.45, 7) is 0.681. The van der Waals surface area contributed by atoms with Crippen molar-refractivity contribution in [3.8, 4) is 23.0 Å². The normalized spacial score (nSPS) is 15.5. The van der Waals surface area contributed by atoms with Crippen molar-refractivity contribution in [2.75, 3.05) is 13.1 Å². The molecule has 0 radical (unpaired) electrons. The number of nitriles is 1. The zero-order valence-electron chi connectivity index (χ0n) is 16.3. The third-order valence-corrected chi connectivity index (χ3v) is 5.11. The number of benzene rings is 2. The molecule has 2 heterocycles. The number of hydrogen-bond donors (Lipinski definition) is 2. The second-order valence-corrected chi connectivity index (χ2v) is 7.18. The van der Waals surface area contributed by atoms with Crippen molar-refractivity contribution in [1.29, 1.82) is 5.26 Å². The number of amides is 2. The number of carbonyl (C=O) groups excluding carboxylic acids is 1. The fourth-order valence-electron chi connectivity index (χ4n) is 3.59. The van der Waals surface area contributed by atoms with Gasteiger partial charge in [-0.2, -0.15) is 10.4 Å². The molecule has 4 rings (SSSR count). The summed E-state index contributed by atoms with van der Waals surface area (Å²) in [7, 11) is 0. The summed E-state index contributed by atoms with van der Waals surface area (Å²) < 4.78 is 15.0. The number of nitrogens with one attached hydrogen (secondary N) is 1. The Bertz CT molecular complexity index is 1170. The van der Waals surface area contributed by atoms with Crippen LogP contribution in [0.3, 0.4) is 0 Å². The molecule has 0 aliphatic carbocycles. The number of aromatic nitrogens is 2. The molecule has 1 unspecified atom stereocenters. The van der Waals surface area contributed by atoms with Gasteiger partial charge in [-0.3, -0.25) is 4.79 Å². The standard InChI is InChI=1S/C22H18FN5O3/c23-16-5-3-15(4-6-16)20-11-19(21(29)27-10-9-17(13-27)25-22(30)31)26-28(20)18-7-1-14(12-24)2-8-18/h1-8,11,17,25H,9-10,13H2,(H,30,31). The first-order valence-corrected chi connectivity index (χ1v) is 9.60. The van der Waals surface area contributed by atoms with Crippen LogP contribution in [0.25, 0.3) is 16.9 Å². The molecule has 0 bridgehead atoms. The van der Waals surface area contributed by atoms with Gasteiger partial charge in [0.15, 0.2) is 5.69 Å². The SMILES string of the molecule is N#Cc1ccc(-n2nc(C(=O)N3CCC(NC(=O)O)C3)cc2-c2ccc(F)cc2)cc1. The third-order valence-electron chi connectivity index (χ3n) is 5.11. The van der Waals surface area contributed by atoms with Crippen molar-refractivity contribution in [1.82, 2.24) is 20.0 Å². The Balaban J connectivity index is 1.69. The number of hydrogen-bond acceptors (Lipinski definition) is 4. The Hall–Kier alpha value is -4.19. The average molecular weight is 419 g/mol. The molecular weight excluding hydrogens is 401 g/mol. The number of carbonyl (C=O) groups is 2. The molecule has 156 valence electrons. The van der Waals surface area contributed by atoms with Gasteiger partial charge in [0.1, 0.15) is 5.82 Å². The number of likely N-dealkylation sites (tertiary alicyclic amines) is 1. The summed E-state index contributed by atoms with van der Waals surface area (Å²) in [6.07, 6.45) is -0.595. The van der Waals surface area contributed by atoms with Gasteiger partial charge in [-0.15, -0.1) is 0 Å². The minimum atomic E-state index is -1.12. The van der Waals surface area contributed by atoms with Crippen molar-refractivity contribution in [2.45, 2.75) is 12.5 Å². The van der Waals surface area contributed by atoms with Gasteiger partial charge < -0.3 is 15.3 Å². The maximum atomic E-state index is 13.4. The summed E-state index contributed by atoms with van der Waals surface area (Å²) >= 11 is 0. The van der Waals surface area contributed by atoms with Crippen LogP contribution in [-0.2, 0) is 0 Å². The second kappa shape index (κ2) is 8.28. The quantitative estimate of drug-likeness (QED) is 0.675. The van der Waals surface area contributed by atoms with Gasteiger partial charge >= 0.3 is 6.09 Å². The van der Waals surface area contributed by atoms with Crippen LogP contribution >= 0.6 is 0 Å². The van der Waals surface area contributed by atoms with Crippen LogP contribution in [0.2, 0.25) is 0 Å². The minimum Gasteiger partial charge on any atom is -0.465 e. The van der Waals surface area contributed by atoms with E-state index in [1.165, 1.54) is 12.1 Å². The van der Waals surface area contributed by atoms with E-state index >= 15 is 0 Å². The van der Waals surface area contributed by atoms with Gasteiger partial charge in [0, 0.05) is 18.7 Å². The third kappa shape index (κ3) is 4.23. The van der Waals surface area contributed by atoms with E-state index in [0.29, 0.717) is 35.5 Å². The minimum absolute atomic E-state index is 0.194. The Morgan fingerprint density at radius 3 is 2.52 bits per heavy atom. The molecule has 31 heavy (non-hydrogen) atoms. The maximum absolute atomic E-state index is 13.4. The van der Waals surface area contributed by atoms with E-state index in [4.69, 9.17) is 10.4 Å². The molecule has 1 atom stereocenters. The van der Waals surface area contributed by atoms with Crippen LogP contribution in [0.4, 0.5) is 9.18 Å². The zero-order valence-corrected chi connectivity index (χ0v) is 16.3. The van der Waals surface area contributed by atoms with E-state index in [2.05, 4.69) is 16.5 Å². The maximum Gasteiger partial charge on any atom is 0.404 e. The Labute approximate surface area is 177 Å². The fourth-order valence-corrected chi connectivity index (χ4v) is 3.59. The number of nitrogens with zero attached hydrogens (tertiary/aromatic N) is 4. The van der Waals surface area contributed by atoms with Crippen molar-refractivity contribution in [2.24, 2.45) is 0 Å². The number of halogens is 1. The van der Waals surface area contributed by atoms with E-state index in [1.807, 2.05) is 0 Å². The molecule has 2 amide bonds. The molecule has 2 N–H and O–H groups in total. The van der Waals surface area contributed by atoms with E-state index in [0.717, 1.165) is 0 Å². The first-order chi connectivity index (χ1) is 14.9.